The van der Waals surface area contributed by atoms with Gasteiger partial charge in [-0.25, -0.2) is 4.98 Å². The molecule has 4 rings (SSSR count). The van der Waals surface area contributed by atoms with Gasteiger partial charge in [0.05, 0.1) is 12.0 Å². The highest BCUT2D eigenvalue weighted by Gasteiger charge is 2.10. The maximum atomic E-state index is 12.4. The zero-order valence-corrected chi connectivity index (χ0v) is 16.2. The molecule has 0 amide bonds. The zero-order chi connectivity index (χ0) is 20.1. The largest absolute Gasteiger partial charge is 0.495 e. The van der Waals surface area contributed by atoms with E-state index in [1.54, 1.807) is 6.26 Å². The summed E-state index contributed by atoms with van der Waals surface area (Å²) in [5.41, 5.74) is 3.48. The molecule has 0 bridgehead atoms. The number of allylic oxidation sites excluding steroid dienone is 1. The molecule has 0 unspecified atom stereocenters. The van der Waals surface area contributed by atoms with Crippen LogP contribution in [0.4, 0.5) is 0 Å². The van der Waals surface area contributed by atoms with Gasteiger partial charge in [-0.15, -0.1) is 0 Å². The van der Waals surface area contributed by atoms with E-state index >= 15 is 0 Å². The number of aromatic nitrogens is 4. The van der Waals surface area contributed by atoms with E-state index in [1.165, 1.54) is 10.6 Å². The van der Waals surface area contributed by atoms with Crippen LogP contribution < -0.4 is 5.56 Å². The SMILES string of the molecule is CCCC(=COCc1cc(=O)n2[nH]c(-c3ccccc3)nc2n1)c1ccccc1. The molecular weight excluding hydrogens is 364 g/mol. The van der Waals surface area contributed by atoms with Crippen LogP contribution in [0.1, 0.15) is 31.0 Å². The molecule has 2 aromatic heterocycles. The summed E-state index contributed by atoms with van der Waals surface area (Å²) in [6, 6.07) is 21.2. The molecule has 2 heterocycles. The third-order valence-corrected chi connectivity index (χ3v) is 4.55. The van der Waals surface area contributed by atoms with E-state index < -0.39 is 0 Å². The van der Waals surface area contributed by atoms with E-state index in [0.717, 1.165) is 29.5 Å². The van der Waals surface area contributed by atoms with Crippen molar-refractivity contribution < 1.29 is 4.74 Å². The number of benzene rings is 2. The lowest BCUT2D eigenvalue weighted by atomic mass is 10.0. The molecule has 29 heavy (non-hydrogen) atoms. The Balaban J connectivity index is 1.56. The third kappa shape index (κ3) is 4.27. The first-order chi connectivity index (χ1) is 14.2. The molecule has 146 valence electrons. The minimum Gasteiger partial charge on any atom is -0.495 e. The summed E-state index contributed by atoms with van der Waals surface area (Å²) in [6.07, 6.45) is 3.70. The van der Waals surface area contributed by atoms with Gasteiger partial charge >= 0.3 is 0 Å². The molecule has 0 aliphatic carbocycles. The van der Waals surface area contributed by atoms with E-state index in [0.29, 0.717) is 17.3 Å². The van der Waals surface area contributed by atoms with Crippen molar-refractivity contribution in [3.8, 4) is 11.4 Å². The van der Waals surface area contributed by atoms with Gasteiger partial charge in [0.1, 0.15) is 6.61 Å². The minimum absolute atomic E-state index is 0.208. The number of aromatic amines is 1. The fourth-order valence-corrected chi connectivity index (χ4v) is 3.15. The molecule has 2 aromatic carbocycles. The smallest absolute Gasteiger partial charge is 0.274 e. The van der Waals surface area contributed by atoms with Crippen LogP contribution in [0, 0.1) is 0 Å². The fraction of sp³-hybridized carbons (Fsp3) is 0.174. The second-order valence-corrected chi connectivity index (χ2v) is 6.73. The molecular formula is C23H22N4O2. The van der Waals surface area contributed by atoms with Gasteiger partial charge in [-0.2, -0.15) is 9.50 Å². The highest BCUT2D eigenvalue weighted by atomic mass is 16.5. The lowest BCUT2D eigenvalue weighted by molar-refractivity contribution is 0.233. The number of hydrogen-bond acceptors (Lipinski definition) is 4. The first-order valence-electron chi connectivity index (χ1n) is 9.65. The van der Waals surface area contributed by atoms with E-state index in [4.69, 9.17) is 4.74 Å². The van der Waals surface area contributed by atoms with Gasteiger partial charge in [0.2, 0.25) is 0 Å². The minimum atomic E-state index is -0.218. The summed E-state index contributed by atoms with van der Waals surface area (Å²) >= 11 is 0. The number of hydrogen-bond donors (Lipinski definition) is 1. The second kappa shape index (κ2) is 8.56. The Hall–Kier alpha value is -3.67. The number of nitrogens with zero attached hydrogens (tertiary/aromatic N) is 3. The van der Waals surface area contributed by atoms with Crippen molar-refractivity contribution in [1.82, 2.24) is 19.6 Å². The highest BCUT2D eigenvalue weighted by Crippen LogP contribution is 2.20. The number of ether oxygens (including phenoxy) is 1. The first-order valence-corrected chi connectivity index (χ1v) is 9.65. The van der Waals surface area contributed by atoms with Crippen LogP contribution in [0.15, 0.2) is 77.8 Å². The number of rotatable bonds is 7. The molecule has 0 fully saturated rings. The molecule has 0 saturated carbocycles. The van der Waals surface area contributed by atoms with E-state index in [9.17, 15) is 4.79 Å². The molecule has 6 nitrogen and oxygen atoms in total. The molecule has 0 spiro atoms. The Morgan fingerprint density at radius 3 is 2.52 bits per heavy atom. The van der Waals surface area contributed by atoms with E-state index in [-0.39, 0.29) is 12.2 Å². The summed E-state index contributed by atoms with van der Waals surface area (Å²) in [7, 11) is 0. The Bertz CT molecular complexity index is 1180. The van der Waals surface area contributed by atoms with E-state index in [1.807, 2.05) is 48.5 Å². The Morgan fingerprint density at radius 1 is 1.07 bits per heavy atom. The summed E-state index contributed by atoms with van der Waals surface area (Å²) in [4.78, 5) is 21.4. The van der Waals surface area contributed by atoms with Crippen LogP contribution >= 0.6 is 0 Å². The first kappa shape index (κ1) is 18.7. The van der Waals surface area contributed by atoms with Crippen molar-refractivity contribution in [1.29, 1.82) is 0 Å². The summed E-state index contributed by atoms with van der Waals surface area (Å²) < 4.78 is 7.11. The van der Waals surface area contributed by atoms with Gasteiger partial charge in [0.25, 0.3) is 11.3 Å². The molecule has 0 aliphatic heterocycles. The number of fused-ring (bicyclic) bond motifs is 1. The van der Waals surface area contributed by atoms with Crippen molar-refractivity contribution >= 4 is 11.4 Å². The van der Waals surface area contributed by atoms with Gasteiger partial charge in [0, 0.05) is 11.6 Å². The van der Waals surface area contributed by atoms with Gasteiger partial charge < -0.3 is 4.74 Å². The lowest BCUT2D eigenvalue weighted by Crippen LogP contribution is -2.16. The van der Waals surface area contributed by atoms with Crippen LogP contribution in [0.25, 0.3) is 22.7 Å². The molecule has 4 aromatic rings. The molecule has 0 radical (unpaired) electrons. The van der Waals surface area contributed by atoms with Crippen molar-refractivity contribution in [2.45, 2.75) is 26.4 Å². The van der Waals surface area contributed by atoms with E-state index in [2.05, 4.69) is 34.1 Å². The van der Waals surface area contributed by atoms with Crippen molar-refractivity contribution in [3.05, 3.63) is 94.6 Å². The monoisotopic (exact) mass is 386 g/mol. The molecule has 6 heteroatoms. The summed E-state index contributed by atoms with van der Waals surface area (Å²) in [5, 5.41) is 3.00. The Labute approximate surface area is 168 Å². The molecule has 0 aliphatic rings. The van der Waals surface area contributed by atoms with Gasteiger partial charge in [-0.1, -0.05) is 74.0 Å². The highest BCUT2D eigenvalue weighted by molar-refractivity contribution is 5.64. The number of nitrogens with one attached hydrogen (secondary N) is 1. The fourth-order valence-electron chi connectivity index (χ4n) is 3.15. The van der Waals surface area contributed by atoms with Crippen molar-refractivity contribution in [3.63, 3.8) is 0 Å². The summed E-state index contributed by atoms with van der Waals surface area (Å²) in [5.74, 6) is 0.929. The standard InChI is InChI=1S/C23H22N4O2/c1-2-9-19(17-10-5-3-6-11-17)15-29-16-20-14-21(28)27-23(24-20)25-22(26-27)18-12-7-4-8-13-18/h3-8,10-15H,2,9,16H2,1H3,(H,24,25,26). The van der Waals surface area contributed by atoms with Crippen LogP contribution in [-0.2, 0) is 11.3 Å². The normalized spacial score (nSPS) is 11.7. The number of H-pyrrole nitrogens is 1. The lowest BCUT2D eigenvalue weighted by Gasteiger charge is -2.07. The van der Waals surface area contributed by atoms with Gasteiger partial charge in [-0.05, 0) is 17.6 Å². The Morgan fingerprint density at radius 2 is 1.79 bits per heavy atom. The van der Waals surface area contributed by atoms with Crippen LogP contribution in [0.5, 0.6) is 0 Å². The topological polar surface area (TPSA) is 72.3 Å². The Kier molecular flexibility index (Phi) is 5.52. The van der Waals surface area contributed by atoms with Crippen LogP contribution in [-0.4, -0.2) is 19.6 Å². The molecule has 1 N–H and O–H groups in total. The quantitative estimate of drug-likeness (QED) is 0.477. The van der Waals surface area contributed by atoms with Crippen molar-refractivity contribution in [2.24, 2.45) is 0 Å². The molecule has 0 saturated heterocycles. The maximum absolute atomic E-state index is 12.4. The van der Waals surface area contributed by atoms with Crippen molar-refractivity contribution in [2.75, 3.05) is 0 Å². The predicted octanol–water partition coefficient (Wildman–Crippen LogP) is 4.44. The molecule has 0 atom stereocenters. The van der Waals surface area contributed by atoms with Gasteiger partial charge in [0.15, 0.2) is 5.82 Å². The second-order valence-electron chi connectivity index (χ2n) is 6.73. The van der Waals surface area contributed by atoms with Gasteiger partial charge in [-0.3, -0.25) is 9.89 Å². The average molecular weight is 386 g/mol. The summed E-state index contributed by atoms with van der Waals surface area (Å²) in [6.45, 7) is 2.34. The zero-order valence-electron chi connectivity index (χ0n) is 16.2. The predicted molar refractivity (Wildman–Crippen MR) is 113 cm³/mol. The average Bonchev–Trinajstić information content (AvgIpc) is 3.19. The maximum Gasteiger partial charge on any atom is 0.274 e. The van der Waals surface area contributed by atoms with Crippen LogP contribution in [0.3, 0.4) is 0 Å². The third-order valence-electron chi connectivity index (χ3n) is 4.55. The van der Waals surface area contributed by atoms with Crippen LogP contribution in [0.2, 0.25) is 0 Å².